The molecule has 0 amide bonds. The van der Waals surface area contributed by atoms with Crippen molar-refractivity contribution in [2.45, 2.75) is 39.2 Å². The van der Waals surface area contributed by atoms with Gasteiger partial charge in [0.05, 0.1) is 12.8 Å². The Bertz CT molecular complexity index is 386. The van der Waals surface area contributed by atoms with Crippen LogP contribution in [-0.4, -0.2) is 26.7 Å². The maximum absolute atomic E-state index is 5.58. The lowest BCUT2D eigenvalue weighted by Crippen LogP contribution is -2.29. The highest BCUT2D eigenvalue weighted by atomic mass is 16.5. The maximum atomic E-state index is 5.58. The summed E-state index contributed by atoms with van der Waals surface area (Å²) in [6.07, 6.45) is 5.12. The Hall–Kier alpha value is -1.22. The number of nitrogens with one attached hydrogen (secondary N) is 1. The topological polar surface area (TPSA) is 24.5 Å². The largest absolute Gasteiger partial charge is 0.495 e. The summed E-state index contributed by atoms with van der Waals surface area (Å²) >= 11 is 0. The second kappa shape index (κ2) is 7.39. The van der Waals surface area contributed by atoms with Gasteiger partial charge < -0.3 is 15.0 Å². The molecular weight excluding hydrogens is 236 g/mol. The number of hydrogen-bond donors (Lipinski definition) is 1. The van der Waals surface area contributed by atoms with Gasteiger partial charge in [-0.25, -0.2) is 0 Å². The van der Waals surface area contributed by atoms with Crippen molar-refractivity contribution in [3.05, 3.63) is 23.8 Å². The van der Waals surface area contributed by atoms with Gasteiger partial charge in [-0.3, -0.25) is 0 Å². The van der Waals surface area contributed by atoms with E-state index in [9.17, 15) is 0 Å². The zero-order valence-electron chi connectivity index (χ0n) is 12.2. The van der Waals surface area contributed by atoms with Crippen LogP contribution in [0.5, 0.6) is 5.75 Å². The second-order valence-electron chi connectivity index (χ2n) is 5.23. The molecule has 2 rings (SSSR count). The van der Waals surface area contributed by atoms with Crippen LogP contribution in [-0.2, 0) is 6.54 Å². The lowest BCUT2D eigenvalue weighted by atomic mass is 10.1. The summed E-state index contributed by atoms with van der Waals surface area (Å²) in [4.78, 5) is 2.45. The van der Waals surface area contributed by atoms with Crippen LogP contribution in [0, 0.1) is 0 Å². The number of hydrogen-bond acceptors (Lipinski definition) is 3. The molecular formula is C16H26N2O. The predicted octanol–water partition coefficient (Wildman–Crippen LogP) is 3.19. The Morgan fingerprint density at radius 3 is 2.68 bits per heavy atom. The quantitative estimate of drug-likeness (QED) is 0.797. The molecule has 0 spiro atoms. The Balaban J connectivity index is 2.06. The van der Waals surface area contributed by atoms with E-state index >= 15 is 0 Å². The summed E-state index contributed by atoms with van der Waals surface area (Å²) in [5, 5.41) is 3.43. The Labute approximate surface area is 116 Å². The SMILES string of the molecule is CCCNCc1ccc(N2CCCCC2)c(OC)c1. The van der Waals surface area contributed by atoms with Gasteiger partial charge in [0.1, 0.15) is 5.75 Å². The van der Waals surface area contributed by atoms with E-state index in [4.69, 9.17) is 4.74 Å². The maximum Gasteiger partial charge on any atom is 0.142 e. The molecule has 0 unspecified atom stereocenters. The van der Waals surface area contributed by atoms with Gasteiger partial charge in [-0.15, -0.1) is 0 Å². The number of piperidine rings is 1. The lowest BCUT2D eigenvalue weighted by Gasteiger charge is -2.30. The molecule has 0 bridgehead atoms. The molecule has 1 aromatic rings. The van der Waals surface area contributed by atoms with Crippen LogP contribution in [0.15, 0.2) is 18.2 Å². The zero-order chi connectivity index (χ0) is 13.5. The van der Waals surface area contributed by atoms with Gasteiger partial charge in [0.15, 0.2) is 0 Å². The zero-order valence-corrected chi connectivity index (χ0v) is 12.2. The summed E-state index contributed by atoms with van der Waals surface area (Å²) in [6, 6.07) is 6.61. The molecule has 1 N–H and O–H groups in total. The summed E-state index contributed by atoms with van der Waals surface area (Å²) in [6.45, 7) is 6.49. The average molecular weight is 262 g/mol. The number of anilines is 1. The van der Waals surface area contributed by atoms with Crippen LogP contribution in [0.4, 0.5) is 5.69 Å². The fraction of sp³-hybridized carbons (Fsp3) is 0.625. The molecule has 0 atom stereocenters. The van der Waals surface area contributed by atoms with Crippen LogP contribution in [0.3, 0.4) is 0 Å². The van der Waals surface area contributed by atoms with Crippen LogP contribution < -0.4 is 15.0 Å². The molecule has 1 saturated heterocycles. The summed E-state index contributed by atoms with van der Waals surface area (Å²) in [5.74, 6) is 1.01. The number of methoxy groups -OCH3 is 1. The van der Waals surface area contributed by atoms with E-state index in [0.29, 0.717) is 0 Å². The van der Waals surface area contributed by atoms with Crippen molar-refractivity contribution in [3.63, 3.8) is 0 Å². The molecule has 1 heterocycles. The number of rotatable bonds is 6. The standard InChI is InChI=1S/C16H26N2O/c1-3-9-17-13-14-7-8-15(16(12-14)19-2)18-10-5-4-6-11-18/h7-8,12,17H,3-6,9-11,13H2,1-2H3. The highest BCUT2D eigenvalue weighted by molar-refractivity contribution is 5.60. The molecule has 0 aromatic heterocycles. The molecule has 3 heteroatoms. The van der Waals surface area contributed by atoms with Crippen LogP contribution in [0.25, 0.3) is 0 Å². The smallest absolute Gasteiger partial charge is 0.142 e. The Kier molecular flexibility index (Phi) is 5.52. The van der Waals surface area contributed by atoms with Crippen molar-refractivity contribution in [2.75, 3.05) is 31.6 Å². The predicted molar refractivity (Wildman–Crippen MR) is 81.1 cm³/mol. The minimum atomic E-state index is 0.921. The average Bonchev–Trinajstić information content (AvgIpc) is 2.48. The van der Waals surface area contributed by atoms with Gasteiger partial charge in [0.25, 0.3) is 0 Å². The highest BCUT2D eigenvalue weighted by Crippen LogP contribution is 2.31. The summed E-state index contributed by atoms with van der Waals surface area (Å²) in [7, 11) is 1.77. The highest BCUT2D eigenvalue weighted by Gasteiger charge is 2.15. The van der Waals surface area contributed by atoms with E-state index < -0.39 is 0 Å². The molecule has 1 fully saturated rings. The number of ether oxygens (including phenoxy) is 1. The molecule has 0 radical (unpaired) electrons. The normalized spacial score (nSPS) is 15.6. The second-order valence-corrected chi connectivity index (χ2v) is 5.23. The van der Waals surface area contributed by atoms with E-state index in [-0.39, 0.29) is 0 Å². The molecule has 3 nitrogen and oxygen atoms in total. The van der Waals surface area contributed by atoms with E-state index in [1.165, 1.54) is 36.9 Å². The van der Waals surface area contributed by atoms with Gasteiger partial charge >= 0.3 is 0 Å². The van der Waals surface area contributed by atoms with E-state index in [0.717, 1.165) is 31.9 Å². The van der Waals surface area contributed by atoms with Crippen molar-refractivity contribution in [3.8, 4) is 5.75 Å². The van der Waals surface area contributed by atoms with E-state index in [1.807, 2.05) is 0 Å². The Morgan fingerprint density at radius 2 is 2.00 bits per heavy atom. The van der Waals surface area contributed by atoms with Gasteiger partial charge in [-0.1, -0.05) is 13.0 Å². The number of nitrogens with zero attached hydrogens (tertiary/aromatic N) is 1. The molecule has 0 saturated carbocycles. The van der Waals surface area contributed by atoms with E-state index in [2.05, 4.69) is 35.3 Å². The first-order valence-electron chi connectivity index (χ1n) is 7.47. The first kappa shape index (κ1) is 14.2. The minimum Gasteiger partial charge on any atom is -0.495 e. The third-order valence-corrected chi connectivity index (χ3v) is 3.70. The van der Waals surface area contributed by atoms with Crippen LogP contribution in [0.2, 0.25) is 0 Å². The molecule has 1 aliphatic heterocycles. The first-order valence-corrected chi connectivity index (χ1v) is 7.47. The molecule has 0 aliphatic carbocycles. The third kappa shape index (κ3) is 3.87. The summed E-state index contributed by atoms with van der Waals surface area (Å²) in [5.41, 5.74) is 2.55. The third-order valence-electron chi connectivity index (χ3n) is 3.70. The monoisotopic (exact) mass is 262 g/mol. The van der Waals surface area contributed by atoms with Crippen molar-refractivity contribution in [2.24, 2.45) is 0 Å². The van der Waals surface area contributed by atoms with Crippen LogP contribution >= 0.6 is 0 Å². The van der Waals surface area contributed by atoms with Crippen molar-refractivity contribution < 1.29 is 4.74 Å². The first-order chi connectivity index (χ1) is 9.35. The molecule has 106 valence electrons. The van der Waals surface area contributed by atoms with Crippen molar-refractivity contribution >= 4 is 5.69 Å². The van der Waals surface area contributed by atoms with E-state index in [1.54, 1.807) is 7.11 Å². The van der Waals surface area contributed by atoms with Gasteiger partial charge in [-0.05, 0) is 49.9 Å². The van der Waals surface area contributed by atoms with Gasteiger partial charge in [0.2, 0.25) is 0 Å². The van der Waals surface area contributed by atoms with Crippen molar-refractivity contribution in [1.82, 2.24) is 5.32 Å². The van der Waals surface area contributed by atoms with Gasteiger partial charge in [-0.2, -0.15) is 0 Å². The van der Waals surface area contributed by atoms with Gasteiger partial charge in [0, 0.05) is 19.6 Å². The Morgan fingerprint density at radius 1 is 1.21 bits per heavy atom. The fourth-order valence-corrected chi connectivity index (χ4v) is 2.64. The summed E-state index contributed by atoms with van der Waals surface area (Å²) < 4.78 is 5.58. The molecule has 19 heavy (non-hydrogen) atoms. The molecule has 1 aliphatic rings. The van der Waals surface area contributed by atoms with Crippen molar-refractivity contribution in [1.29, 1.82) is 0 Å². The fourth-order valence-electron chi connectivity index (χ4n) is 2.64. The lowest BCUT2D eigenvalue weighted by molar-refractivity contribution is 0.412. The number of benzene rings is 1. The minimum absolute atomic E-state index is 0.921. The van der Waals surface area contributed by atoms with Crippen LogP contribution in [0.1, 0.15) is 38.2 Å². The molecule has 1 aromatic carbocycles.